The van der Waals surface area contributed by atoms with Crippen LogP contribution >= 0.6 is 45.8 Å². The van der Waals surface area contributed by atoms with E-state index in [2.05, 4.69) is 6.58 Å². The third-order valence-electron chi connectivity index (χ3n) is 5.91. The van der Waals surface area contributed by atoms with Crippen LogP contribution in [0.3, 0.4) is 0 Å². The number of halogens is 4. The van der Waals surface area contributed by atoms with Crippen molar-refractivity contribution in [3.63, 3.8) is 0 Å². The number of phenols is 1. The number of fused-ring (bicyclic) bond motifs is 1. The molecule has 0 spiro atoms. The molecule has 1 saturated heterocycles. The summed E-state index contributed by atoms with van der Waals surface area (Å²) in [4.78, 5) is 24.4. The summed E-state index contributed by atoms with van der Waals surface area (Å²) in [6.07, 6.45) is 3.30. The van der Waals surface area contributed by atoms with Crippen molar-refractivity contribution in [3.05, 3.63) is 75.7 Å². The maximum atomic E-state index is 13.8. The molecule has 3 atom stereocenters. The number of amides is 2. The predicted octanol–water partition coefficient (Wildman–Crippen LogP) is 5.27. The van der Waals surface area contributed by atoms with E-state index in [1.165, 1.54) is 19.2 Å². The summed E-state index contributed by atoms with van der Waals surface area (Å²) in [6.45, 7) is 3.84. The Bertz CT molecular complexity index is 1190. The molecule has 2 aromatic carbocycles. The van der Waals surface area contributed by atoms with Crippen LogP contribution in [-0.4, -0.2) is 33.8 Å². The number of hydrogen-bond acceptors (Lipinski definition) is 4. The van der Waals surface area contributed by atoms with Crippen molar-refractivity contribution in [1.82, 2.24) is 0 Å². The zero-order valence-corrected chi connectivity index (χ0v) is 20.4. The van der Waals surface area contributed by atoms with E-state index in [1.54, 1.807) is 24.3 Å². The topological polar surface area (TPSA) is 66.8 Å². The number of hydrogen-bond donors (Lipinski definition) is 1. The quantitative estimate of drug-likeness (QED) is 0.301. The predicted molar refractivity (Wildman–Crippen MR) is 129 cm³/mol. The van der Waals surface area contributed by atoms with Crippen molar-refractivity contribution in [1.29, 1.82) is 0 Å². The SMILES string of the molecule is C=CC1=CC[C@@]2(Cl)C(=O)N(c3ccc(F)cc3)C(=O)[C@@]2(Cl)[C@H]1c1cc(I)c(O)c(OC)c1. The minimum absolute atomic E-state index is 0.00445. The highest BCUT2D eigenvalue weighted by atomic mass is 127. The Morgan fingerprint density at radius 3 is 2.50 bits per heavy atom. The fraction of sp³-hybridized carbons (Fsp3) is 0.217. The molecule has 2 aliphatic rings. The number of benzene rings is 2. The molecule has 0 aromatic heterocycles. The van der Waals surface area contributed by atoms with Crippen molar-refractivity contribution in [3.8, 4) is 11.5 Å². The summed E-state index contributed by atoms with van der Waals surface area (Å²) >= 11 is 15.9. The molecule has 5 nitrogen and oxygen atoms in total. The lowest BCUT2D eigenvalue weighted by molar-refractivity contribution is -0.122. The molecule has 9 heteroatoms. The summed E-state index contributed by atoms with van der Waals surface area (Å²) in [6, 6.07) is 8.17. The first kappa shape index (κ1) is 23.1. The molecule has 166 valence electrons. The Labute approximate surface area is 207 Å². The van der Waals surface area contributed by atoms with E-state index in [4.69, 9.17) is 27.9 Å². The summed E-state index contributed by atoms with van der Waals surface area (Å²) < 4.78 is 19.2. The molecule has 1 heterocycles. The number of methoxy groups -OCH3 is 1. The molecule has 1 fully saturated rings. The largest absolute Gasteiger partial charge is 0.504 e. The molecule has 0 bridgehead atoms. The molecule has 2 aromatic rings. The number of aromatic hydroxyl groups is 1. The van der Waals surface area contributed by atoms with Gasteiger partial charge in [-0.15, -0.1) is 23.2 Å². The van der Waals surface area contributed by atoms with Crippen molar-refractivity contribution >= 4 is 63.3 Å². The van der Waals surface area contributed by atoms with Gasteiger partial charge in [-0.2, -0.15) is 0 Å². The van der Waals surface area contributed by atoms with Gasteiger partial charge in [0.2, 0.25) is 0 Å². The maximum absolute atomic E-state index is 13.8. The second kappa shape index (κ2) is 8.04. The van der Waals surface area contributed by atoms with Crippen LogP contribution in [0, 0.1) is 9.39 Å². The number of allylic oxidation sites excluding steroid dienone is 3. The first-order valence-electron chi connectivity index (χ1n) is 9.51. The minimum atomic E-state index is -1.90. The zero-order chi connectivity index (χ0) is 23.4. The molecule has 1 aliphatic carbocycles. The maximum Gasteiger partial charge on any atom is 0.258 e. The third kappa shape index (κ3) is 3.08. The summed E-state index contributed by atoms with van der Waals surface area (Å²) in [5.74, 6) is -2.64. The van der Waals surface area contributed by atoms with E-state index in [-0.39, 0.29) is 23.6 Å². The van der Waals surface area contributed by atoms with Gasteiger partial charge in [-0.25, -0.2) is 9.29 Å². The lowest BCUT2D eigenvalue weighted by atomic mass is 9.68. The van der Waals surface area contributed by atoms with E-state index in [9.17, 15) is 19.1 Å². The van der Waals surface area contributed by atoms with Gasteiger partial charge in [-0.05, 0) is 76.5 Å². The first-order chi connectivity index (χ1) is 15.1. The Morgan fingerprint density at radius 1 is 1.25 bits per heavy atom. The number of ether oxygens (including phenoxy) is 1. The number of alkyl halides is 2. The van der Waals surface area contributed by atoms with Gasteiger partial charge in [0.25, 0.3) is 11.8 Å². The molecule has 2 amide bonds. The number of anilines is 1. The molecule has 0 unspecified atom stereocenters. The van der Waals surface area contributed by atoms with Gasteiger partial charge in [0, 0.05) is 5.92 Å². The normalized spacial score (nSPS) is 27.2. The number of nitrogens with zero attached hydrogens (tertiary/aromatic N) is 1. The lowest BCUT2D eigenvalue weighted by Crippen LogP contribution is -2.54. The average molecular weight is 588 g/mol. The molecule has 32 heavy (non-hydrogen) atoms. The van der Waals surface area contributed by atoms with Crippen LogP contribution in [0.5, 0.6) is 11.5 Å². The van der Waals surface area contributed by atoms with Crippen molar-refractivity contribution in [2.45, 2.75) is 22.1 Å². The van der Waals surface area contributed by atoms with Gasteiger partial charge in [-0.3, -0.25) is 9.59 Å². The van der Waals surface area contributed by atoms with Crippen LogP contribution in [-0.2, 0) is 9.59 Å². The molecule has 4 rings (SSSR count). The van der Waals surface area contributed by atoms with Crippen LogP contribution in [0.25, 0.3) is 0 Å². The van der Waals surface area contributed by atoms with Crippen molar-refractivity contribution in [2.24, 2.45) is 0 Å². The smallest absolute Gasteiger partial charge is 0.258 e. The van der Waals surface area contributed by atoms with E-state index in [0.717, 1.165) is 17.0 Å². The number of imide groups is 1. The average Bonchev–Trinajstić information content (AvgIpc) is 2.93. The summed E-state index contributed by atoms with van der Waals surface area (Å²) in [5.41, 5.74) is 1.31. The Kier molecular flexibility index (Phi) is 5.80. The monoisotopic (exact) mass is 587 g/mol. The van der Waals surface area contributed by atoms with Crippen molar-refractivity contribution < 1.29 is 23.8 Å². The Hall–Kier alpha value is -2.10. The highest BCUT2D eigenvalue weighted by molar-refractivity contribution is 14.1. The zero-order valence-electron chi connectivity index (χ0n) is 16.7. The minimum Gasteiger partial charge on any atom is -0.504 e. The highest BCUT2D eigenvalue weighted by Gasteiger charge is 2.73. The van der Waals surface area contributed by atoms with E-state index < -0.39 is 33.3 Å². The van der Waals surface area contributed by atoms with Crippen LogP contribution in [0.1, 0.15) is 17.9 Å². The van der Waals surface area contributed by atoms with Gasteiger partial charge >= 0.3 is 0 Å². The first-order valence-corrected chi connectivity index (χ1v) is 11.3. The van der Waals surface area contributed by atoms with Crippen LogP contribution in [0.2, 0.25) is 0 Å². The van der Waals surface area contributed by atoms with E-state index in [1.807, 2.05) is 22.6 Å². The molecular formula is C23H17Cl2FINO4. The van der Waals surface area contributed by atoms with Gasteiger partial charge < -0.3 is 9.84 Å². The number of rotatable bonds is 4. The summed E-state index contributed by atoms with van der Waals surface area (Å²) in [5, 5.41) is 10.3. The van der Waals surface area contributed by atoms with E-state index >= 15 is 0 Å². The second-order valence-corrected chi connectivity index (χ2v) is 9.94. The third-order valence-corrected chi connectivity index (χ3v) is 8.14. The van der Waals surface area contributed by atoms with Gasteiger partial charge in [-0.1, -0.05) is 18.7 Å². The fourth-order valence-electron chi connectivity index (χ4n) is 4.32. The summed E-state index contributed by atoms with van der Waals surface area (Å²) in [7, 11) is 1.41. The van der Waals surface area contributed by atoms with Gasteiger partial charge in [0.15, 0.2) is 21.2 Å². The molecule has 0 saturated carbocycles. The lowest BCUT2D eigenvalue weighted by Gasteiger charge is -2.42. The Balaban J connectivity index is 1.94. The molecular weight excluding hydrogens is 571 g/mol. The van der Waals surface area contributed by atoms with Gasteiger partial charge in [0.1, 0.15) is 5.82 Å². The van der Waals surface area contributed by atoms with Crippen LogP contribution in [0.4, 0.5) is 10.1 Å². The van der Waals surface area contributed by atoms with Crippen LogP contribution < -0.4 is 9.64 Å². The fourth-order valence-corrected chi connectivity index (χ4v) is 5.79. The number of phenolic OH excluding ortho intramolecular Hbond substituents is 1. The van der Waals surface area contributed by atoms with Crippen LogP contribution in [0.15, 0.2) is 60.7 Å². The van der Waals surface area contributed by atoms with E-state index in [0.29, 0.717) is 14.7 Å². The standard InChI is InChI=1S/C23H17Cl2FINO4/c1-3-12-8-9-22(24)20(30)28(15-6-4-14(26)5-7-15)21(31)23(22,25)18(12)13-10-16(27)19(29)17(11-13)32-2/h3-8,10-11,18,29H,1,9H2,2H3/t18-,22-,23+/m1/s1. The Morgan fingerprint density at radius 2 is 1.91 bits per heavy atom. The van der Waals surface area contributed by atoms with Gasteiger partial charge in [0.05, 0.1) is 16.4 Å². The number of carbonyl (C=O) groups excluding carboxylic acids is 2. The molecule has 1 aliphatic heterocycles. The second-order valence-electron chi connectivity index (χ2n) is 7.53. The van der Waals surface area contributed by atoms with Crippen molar-refractivity contribution in [2.75, 3.05) is 12.0 Å². The number of carbonyl (C=O) groups is 2. The molecule has 1 N–H and O–H groups in total. The molecule has 0 radical (unpaired) electrons. The highest BCUT2D eigenvalue weighted by Crippen LogP contribution is 2.60.